The van der Waals surface area contributed by atoms with Crippen LogP contribution in [0.4, 0.5) is 0 Å². The predicted octanol–water partition coefficient (Wildman–Crippen LogP) is 3.98. The third-order valence-electron chi connectivity index (χ3n) is 5.81. The molecule has 1 aliphatic rings. The van der Waals surface area contributed by atoms with Gasteiger partial charge in [-0.05, 0) is 31.1 Å². The van der Waals surface area contributed by atoms with Gasteiger partial charge in [-0.1, -0.05) is 58.3 Å². The van der Waals surface area contributed by atoms with Crippen molar-refractivity contribution < 1.29 is 24.5 Å². The van der Waals surface area contributed by atoms with Crippen molar-refractivity contribution in [3.63, 3.8) is 0 Å². The van der Waals surface area contributed by atoms with E-state index in [9.17, 15) is 19.8 Å². The molecule has 0 aromatic heterocycles. The van der Waals surface area contributed by atoms with Crippen LogP contribution in [-0.4, -0.2) is 41.3 Å². The number of hydrogen-bond donors (Lipinski definition) is 2. The highest BCUT2D eigenvalue weighted by Gasteiger charge is 2.39. The molecule has 5 heteroatoms. The minimum atomic E-state index is -0.668. The molecular weight excluding hydrogens is 356 g/mol. The molecule has 0 saturated heterocycles. The number of hydrogen-bond acceptors (Lipinski definition) is 5. The Labute approximate surface area is 169 Å². The van der Waals surface area contributed by atoms with Crippen molar-refractivity contribution in [1.82, 2.24) is 0 Å². The second-order valence-electron chi connectivity index (χ2n) is 8.55. The number of esters is 1. The van der Waals surface area contributed by atoms with Gasteiger partial charge in [0.15, 0.2) is 0 Å². The van der Waals surface area contributed by atoms with Crippen LogP contribution in [0, 0.1) is 17.3 Å². The minimum absolute atomic E-state index is 0.104. The number of methoxy groups -OCH3 is 1. The van der Waals surface area contributed by atoms with Gasteiger partial charge in [-0.2, -0.15) is 0 Å². The highest BCUT2D eigenvalue weighted by molar-refractivity contribution is 5.84. The van der Waals surface area contributed by atoms with E-state index in [-0.39, 0.29) is 35.4 Å². The average Bonchev–Trinajstić information content (AvgIpc) is 2.93. The fourth-order valence-electron chi connectivity index (χ4n) is 3.74. The third kappa shape index (κ3) is 7.88. The predicted molar refractivity (Wildman–Crippen MR) is 111 cm³/mol. The number of Topliss-reactive ketones (excluding diaryl/α,β-unsaturated/α-hetero) is 1. The molecule has 28 heavy (non-hydrogen) atoms. The Hall–Kier alpha value is -1.46. The fraction of sp³-hybridized carbons (Fsp3) is 0.739. The summed E-state index contributed by atoms with van der Waals surface area (Å²) in [7, 11) is 1.35. The lowest BCUT2D eigenvalue weighted by molar-refractivity contribution is -0.134. The minimum Gasteiger partial charge on any atom is -0.466 e. The van der Waals surface area contributed by atoms with Gasteiger partial charge in [0.05, 0.1) is 19.3 Å². The van der Waals surface area contributed by atoms with E-state index in [2.05, 4.69) is 11.7 Å². The van der Waals surface area contributed by atoms with Crippen LogP contribution in [0.5, 0.6) is 0 Å². The molecule has 2 N–H and O–H groups in total. The van der Waals surface area contributed by atoms with Gasteiger partial charge < -0.3 is 14.9 Å². The van der Waals surface area contributed by atoms with Gasteiger partial charge >= 0.3 is 5.97 Å². The number of unbranched alkanes of at least 4 members (excludes halogenated alkanes) is 3. The summed E-state index contributed by atoms with van der Waals surface area (Å²) in [5.41, 5.74) is -0.221. The number of aliphatic hydroxyl groups is 2. The van der Waals surface area contributed by atoms with Gasteiger partial charge in [0, 0.05) is 24.3 Å². The smallest absolute Gasteiger partial charge is 0.330 e. The van der Waals surface area contributed by atoms with E-state index in [1.54, 1.807) is 12.2 Å². The van der Waals surface area contributed by atoms with E-state index in [1.807, 2.05) is 19.9 Å². The number of ether oxygens (including phenoxy) is 1. The lowest BCUT2D eigenvalue weighted by Gasteiger charge is -2.29. The molecule has 5 nitrogen and oxygen atoms in total. The summed E-state index contributed by atoms with van der Waals surface area (Å²) >= 11 is 0. The Morgan fingerprint density at radius 2 is 2.04 bits per heavy atom. The number of allylic oxidation sites excluding steroid dienone is 1. The summed E-state index contributed by atoms with van der Waals surface area (Å²) in [6.07, 6.45) is 12.0. The Bertz CT molecular complexity index is 549. The number of ketones is 1. The zero-order valence-electron chi connectivity index (χ0n) is 17.9. The van der Waals surface area contributed by atoms with Gasteiger partial charge in [0.2, 0.25) is 0 Å². The standard InChI is InChI=1S/C23H38O5/c1-5-6-15-23(2,3)21(26)14-13-18-17(19(24)16-20(18)25)11-9-7-8-10-12-22(27)28-4/h10,12-14,17-18,20-21,25-26H,5-9,11,15-16H2,1-4H3/t17-,18-,20-,21-/m1/s1. The molecule has 1 fully saturated rings. The van der Waals surface area contributed by atoms with Crippen LogP contribution in [0.25, 0.3) is 0 Å². The van der Waals surface area contributed by atoms with Crippen molar-refractivity contribution in [2.45, 2.75) is 84.3 Å². The van der Waals surface area contributed by atoms with E-state index in [1.165, 1.54) is 13.2 Å². The van der Waals surface area contributed by atoms with E-state index in [0.29, 0.717) is 6.42 Å². The quantitative estimate of drug-likeness (QED) is 0.226. The Kier molecular flexibility index (Phi) is 10.7. The van der Waals surface area contributed by atoms with Gasteiger partial charge in [0.1, 0.15) is 5.78 Å². The molecule has 0 heterocycles. The molecule has 160 valence electrons. The zero-order valence-corrected chi connectivity index (χ0v) is 17.9. The van der Waals surface area contributed by atoms with E-state index in [0.717, 1.165) is 38.5 Å². The van der Waals surface area contributed by atoms with Crippen LogP contribution >= 0.6 is 0 Å². The number of carbonyl (C=O) groups excluding carboxylic acids is 2. The molecule has 1 rings (SSSR count). The monoisotopic (exact) mass is 394 g/mol. The normalized spacial score (nSPS) is 24.4. The number of carbonyl (C=O) groups is 2. The fourth-order valence-corrected chi connectivity index (χ4v) is 3.74. The summed E-state index contributed by atoms with van der Waals surface area (Å²) in [6, 6.07) is 0. The van der Waals surface area contributed by atoms with Crippen molar-refractivity contribution in [1.29, 1.82) is 0 Å². The molecule has 0 aliphatic heterocycles. The van der Waals surface area contributed by atoms with Crippen LogP contribution in [-0.2, 0) is 14.3 Å². The maximum atomic E-state index is 12.3. The Balaban J connectivity index is 2.57. The molecule has 0 radical (unpaired) electrons. The molecule has 0 spiro atoms. The Morgan fingerprint density at radius 3 is 2.68 bits per heavy atom. The van der Waals surface area contributed by atoms with E-state index < -0.39 is 12.2 Å². The number of rotatable bonds is 12. The Morgan fingerprint density at radius 1 is 1.32 bits per heavy atom. The lowest BCUT2D eigenvalue weighted by atomic mass is 9.80. The van der Waals surface area contributed by atoms with Crippen LogP contribution in [0.3, 0.4) is 0 Å². The molecule has 0 aromatic rings. The molecule has 0 amide bonds. The zero-order chi connectivity index (χ0) is 21.2. The summed E-state index contributed by atoms with van der Waals surface area (Å²) in [5, 5.41) is 20.8. The highest BCUT2D eigenvalue weighted by Crippen LogP contribution is 2.35. The van der Waals surface area contributed by atoms with E-state index >= 15 is 0 Å². The molecule has 0 unspecified atom stereocenters. The van der Waals surface area contributed by atoms with Crippen molar-refractivity contribution in [2.75, 3.05) is 7.11 Å². The maximum Gasteiger partial charge on any atom is 0.330 e. The van der Waals surface area contributed by atoms with Crippen LogP contribution in [0.15, 0.2) is 24.3 Å². The SMILES string of the molecule is CCCCC(C)(C)[C@H](O)C=C[C@H]1[C@H](O)CC(=O)[C@@H]1CCCCC=CC(=O)OC. The van der Waals surface area contributed by atoms with Crippen LogP contribution in [0.1, 0.15) is 72.1 Å². The third-order valence-corrected chi connectivity index (χ3v) is 5.81. The van der Waals surface area contributed by atoms with Crippen LogP contribution < -0.4 is 0 Å². The van der Waals surface area contributed by atoms with Gasteiger partial charge in [-0.3, -0.25) is 4.79 Å². The molecule has 0 aromatic carbocycles. The molecular formula is C23H38O5. The van der Waals surface area contributed by atoms with E-state index in [4.69, 9.17) is 0 Å². The van der Waals surface area contributed by atoms with Crippen molar-refractivity contribution in [3.05, 3.63) is 24.3 Å². The molecule has 4 atom stereocenters. The molecule has 1 saturated carbocycles. The summed E-state index contributed by atoms with van der Waals surface area (Å²) in [4.78, 5) is 23.3. The first-order valence-electron chi connectivity index (χ1n) is 10.5. The highest BCUT2D eigenvalue weighted by atomic mass is 16.5. The molecule has 0 bridgehead atoms. The summed E-state index contributed by atoms with van der Waals surface area (Å²) in [6.45, 7) is 6.23. The van der Waals surface area contributed by atoms with Gasteiger partial charge in [-0.25, -0.2) is 4.79 Å². The lowest BCUT2D eigenvalue weighted by Crippen LogP contribution is -2.28. The van der Waals surface area contributed by atoms with Gasteiger partial charge in [0.25, 0.3) is 0 Å². The first-order chi connectivity index (χ1) is 13.2. The largest absolute Gasteiger partial charge is 0.466 e. The van der Waals surface area contributed by atoms with Crippen molar-refractivity contribution in [3.8, 4) is 0 Å². The topological polar surface area (TPSA) is 83.8 Å². The second-order valence-corrected chi connectivity index (χ2v) is 8.55. The van der Waals surface area contributed by atoms with Crippen molar-refractivity contribution in [2.24, 2.45) is 17.3 Å². The second kappa shape index (κ2) is 12.2. The van der Waals surface area contributed by atoms with Crippen molar-refractivity contribution >= 4 is 11.8 Å². The van der Waals surface area contributed by atoms with Crippen LogP contribution in [0.2, 0.25) is 0 Å². The first-order valence-corrected chi connectivity index (χ1v) is 10.5. The summed E-state index contributed by atoms with van der Waals surface area (Å²) in [5.74, 6) is -0.678. The number of aliphatic hydroxyl groups excluding tert-OH is 2. The first kappa shape index (κ1) is 24.6. The summed E-state index contributed by atoms with van der Waals surface area (Å²) < 4.78 is 4.54. The maximum absolute atomic E-state index is 12.3. The molecule has 1 aliphatic carbocycles. The van der Waals surface area contributed by atoms with Gasteiger partial charge in [-0.15, -0.1) is 0 Å². The average molecular weight is 395 g/mol.